The summed E-state index contributed by atoms with van der Waals surface area (Å²) in [6.45, 7) is 12.2. The minimum absolute atomic E-state index is 0.0635. The minimum Gasteiger partial charge on any atom is -0.444 e. The minimum atomic E-state index is -0.654. The molecule has 0 spiro atoms. The van der Waals surface area contributed by atoms with Crippen molar-refractivity contribution in [2.75, 3.05) is 18.4 Å². The van der Waals surface area contributed by atoms with E-state index in [2.05, 4.69) is 10.3 Å². The van der Waals surface area contributed by atoms with E-state index >= 15 is 0 Å². The van der Waals surface area contributed by atoms with Gasteiger partial charge in [0.25, 0.3) is 0 Å². The summed E-state index contributed by atoms with van der Waals surface area (Å²) >= 11 is 6.89. The number of benzene rings is 1. The van der Waals surface area contributed by atoms with E-state index in [1.54, 1.807) is 27.9 Å². The fourth-order valence-corrected chi connectivity index (χ4v) is 5.12. The van der Waals surface area contributed by atoms with Crippen molar-refractivity contribution in [3.63, 3.8) is 0 Å². The van der Waals surface area contributed by atoms with Gasteiger partial charge < -0.3 is 19.7 Å². The van der Waals surface area contributed by atoms with Gasteiger partial charge in [-0.15, -0.1) is 0 Å². The number of hydrogen-bond donors (Lipinski definition) is 1. The average Bonchev–Trinajstić information content (AvgIpc) is 3.50. The van der Waals surface area contributed by atoms with E-state index in [-0.39, 0.29) is 12.1 Å². The lowest BCUT2D eigenvalue weighted by Crippen LogP contribution is -2.47. The van der Waals surface area contributed by atoms with Gasteiger partial charge in [-0.25, -0.2) is 19.6 Å². The van der Waals surface area contributed by atoms with E-state index in [9.17, 15) is 9.59 Å². The number of rotatable bonds is 3. The van der Waals surface area contributed by atoms with Crippen molar-refractivity contribution in [2.45, 2.75) is 71.6 Å². The molecule has 0 aliphatic carbocycles. The first-order valence-electron chi connectivity index (χ1n) is 13.4. The molecule has 1 saturated heterocycles. The van der Waals surface area contributed by atoms with Crippen LogP contribution in [0.1, 0.15) is 54.4 Å². The first-order valence-corrected chi connectivity index (χ1v) is 13.8. The lowest BCUT2D eigenvalue weighted by atomic mass is 10.1. The third kappa shape index (κ3) is 5.72. The maximum absolute atomic E-state index is 13.1. The van der Waals surface area contributed by atoms with Gasteiger partial charge in [-0.1, -0.05) is 29.8 Å². The lowest BCUT2D eigenvalue weighted by Gasteiger charge is -2.34. The zero-order valence-corrected chi connectivity index (χ0v) is 24.5. The molecule has 1 aliphatic heterocycles. The lowest BCUT2D eigenvalue weighted by molar-refractivity contribution is 0.0206. The fourth-order valence-electron chi connectivity index (χ4n) is 4.84. The van der Waals surface area contributed by atoms with Crippen LogP contribution in [0.15, 0.2) is 42.9 Å². The molecule has 1 fully saturated rings. The van der Waals surface area contributed by atoms with E-state index in [0.717, 1.165) is 18.2 Å². The smallest absolute Gasteiger partial charge is 0.419 e. The summed E-state index contributed by atoms with van der Waals surface area (Å²) in [4.78, 5) is 37.0. The van der Waals surface area contributed by atoms with Crippen LogP contribution < -0.4 is 5.32 Å². The molecule has 1 atom stereocenters. The quantitative estimate of drug-likeness (QED) is 0.298. The second-order valence-corrected chi connectivity index (χ2v) is 12.4. The molecule has 4 heterocycles. The third-order valence-electron chi connectivity index (χ3n) is 6.45. The SMILES string of the molecule is CC(C)(C)OC(=O)N1CCC[C@H](Nc2nc(-c3cn(C(=O)OC(C)(C)C)c4ccccc34)c(Cl)n3ccnc23)C1. The number of amides is 1. The van der Waals surface area contributed by atoms with Gasteiger partial charge in [0.1, 0.15) is 22.0 Å². The number of likely N-dealkylation sites (tertiary alicyclic amines) is 1. The maximum Gasteiger partial charge on any atom is 0.419 e. The highest BCUT2D eigenvalue weighted by Gasteiger charge is 2.29. The summed E-state index contributed by atoms with van der Waals surface area (Å²) in [6, 6.07) is 7.49. The summed E-state index contributed by atoms with van der Waals surface area (Å²) < 4.78 is 14.5. The van der Waals surface area contributed by atoms with Crippen LogP contribution in [0.25, 0.3) is 27.8 Å². The van der Waals surface area contributed by atoms with Crippen LogP contribution in [0.3, 0.4) is 0 Å². The van der Waals surface area contributed by atoms with Crippen LogP contribution in [0.5, 0.6) is 0 Å². The molecule has 4 aromatic rings. The second-order valence-electron chi connectivity index (χ2n) is 12.0. The zero-order chi connectivity index (χ0) is 28.8. The Kier molecular flexibility index (Phi) is 7.16. The number of hydrogen-bond acceptors (Lipinski definition) is 7. The molecule has 0 radical (unpaired) electrons. The molecule has 40 heavy (non-hydrogen) atoms. The van der Waals surface area contributed by atoms with E-state index in [1.807, 2.05) is 65.8 Å². The Balaban J connectivity index is 1.52. The molecule has 0 bridgehead atoms. The summed E-state index contributed by atoms with van der Waals surface area (Å²) in [7, 11) is 0. The van der Waals surface area contributed by atoms with Gasteiger partial charge >= 0.3 is 12.2 Å². The number of piperidine rings is 1. The summed E-state index contributed by atoms with van der Waals surface area (Å²) in [5.41, 5.74) is 1.21. The molecular formula is C29H35ClN6O4. The third-order valence-corrected chi connectivity index (χ3v) is 6.82. The van der Waals surface area contributed by atoms with E-state index in [1.165, 1.54) is 4.57 Å². The van der Waals surface area contributed by atoms with Crippen molar-refractivity contribution in [3.8, 4) is 11.3 Å². The van der Waals surface area contributed by atoms with Gasteiger partial charge in [0.15, 0.2) is 11.5 Å². The van der Waals surface area contributed by atoms with Crippen molar-refractivity contribution < 1.29 is 19.1 Å². The zero-order valence-electron chi connectivity index (χ0n) is 23.7. The molecule has 1 aliphatic rings. The number of carbonyl (C=O) groups excluding carboxylic acids is 2. The average molecular weight is 567 g/mol. The number of carbonyl (C=O) groups is 2. The van der Waals surface area contributed by atoms with Gasteiger partial charge in [0.2, 0.25) is 0 Å². The highest BCUT2D eigenvalue weighted by Crippen LogP contribution is 2.36. The number of ether oxygens (including phenoxy) is 2. The highest BCUT2D eigenvalue weighted by molar-refractivity contribution is 6.32. The molecule has 0 saturated carbocycles. The van der Waals surface area contributed by atoms with E-state index < -0.39 is 17.3 Å². The predicted molar refractivity (Wildman–Crippen MR) is 155 cm³/mol. The number of aromatic nitrogens is 4. The molecule has 10 nitrogen and oxygen atoms in total. The normalized spacial score (nSPS) is 16.4. The number of imidazole rings is 1. The Morgan fingerprint density at radius 2 is 1.75 bits per heavy atom. The first-order chi connectivity index (χ1) is 18.8. The van der Waals surface area contributed by atoms with Gasteiger partial charge in [-0.2, -0.15) is 0 Å². The molecule has 11 heteroatoms. The van der Waals surface area contributed by atoms with Gasteiger partial charge in [-0.3, -0.25) is 8.97 Å². The number of fused-ring (bicyclic) bond motifs is 2. The van der Waals surface area contributed by atoms with Crippen LogP contribution >= 0.6 is 11.6 Å². The summed E-state index contributed by atoms with van der Waals surface area (Å²) in [5, 5.41) is 4.68. The van der Waals surface area contributed by atoms with Gasteiger partial charge in [0, 0.05) is 48.7 Å². The number of anilines is 1. The monoisotopic (exact) mass is 566 g/mol. The topological polar surface area (TPSA) is 103 Å². The molecular weight excluding hydrogens is 532 g/mol. The summed E-state index contributed by atoms with van der Waals surface area (Å²) in [6.07, 6.45) is 6.01. The molecule has 1 N–H and O–H groups in total. The Morgan fingerprint density at radius 3 is 2.48 bits per heavy atom. The Labute approximate surface area is 238 Å². The number of nitrogens with one attached hydrogen (secondary N) is 1. The van der Waals surface area contributed by atoms with Gasteiger partial charge in [-0.05, 0) is 60.5 Å². The highest BCUT2D eigenvalue weighted by atomic mass is 35.5. The van der Waals surface area contributed by atoms with Crippen LogP contribution in [0, 0.1) is 0 Å². The second kappa shape index (κ2) is 10.3. The van der Waals surface area contributed by atoms with Crippen molar-refractivity contribution >= 4 is 46.2 Å². The van der Waals surface area contributed by atoms with Crippen molar-refractivity contribution in [1.82, 2.24) is 23.8 Å². The molecule has 1 amide bonds. The Bertz CT molecular complexity index is 1580. The van der Waals surface area contributed by atoms with Crippen molar-refractivity contribution in [3.05, 3.63) is 48.0 Å². The predicted octanol–water partition coefficient (Wildman–Crippen LogP) is 6.60. The van der Waals surface area contributed by atoms with Crippen molar-refractivity contribution in [2.24, 2.45) is 0 Å². The number of para-hydroxylation sites is 1. The molecule has 212 valence electrons. The molecule has 0 unspecified atom stereocenters. The maximum atomic E-state index is 13.1. The first kappa shape index (κ1) is 27.8. The van der Waals surface area contributed by atoms with E-state index in [4.69, 9.17) is 26.1 Å². The Hall–Kier alpha value is -3.79. The number of nitrogens with zero attached hydrogens (tertiary/aromatic N) is 5. The van der Waals surface area contributed by atoms with Crippen LogP contribution in [0.2, 0.25) is 5.15 Å². The van der Waals surface area contributed by atoms with Crippen LogP contribution in [-0.4, -0.2) is 66.4 Å². The number of halogens is 1. The Morgan fingerprint density at radius 1 is 1.05 bits per heavy atom. The van der Waals surface area contributed by atoms with Crippen LogP contribution in [-0.2, 0) is 9.47 Å². The summed E-state index contributed by atoms with van der Waals surface area (Å²) in [5.74, 6) is 0.537. The van der Waals surface area contributed by atoms with Crippen molar-refractivity contribution in [1.29, 1.82) is 0 Å². The van der Waals surface area contributed by atoms with Gasteiger partial charge in [0.05, 0.1) is 5.52 Å². The molecule has 5 rings (SSSR count). The standard InChI is InChI=1S/C29H35ClN6O4/c1-28(2,3)39-26(37)34-14-9-10-18(16-34)32-24-25-31-13-15-35(25)23(30)22(33-24)20-17-36(27(38)40-29(4,5)6)21-12-8-7-11-19(20)21/h7-8,11-13,15,17-18H,9-10,14,16H2,1-6H3,(H,32,33)/t18-/m0/s1. The van der Waals surface area contributed by atoms with E-state index in [0.29, 0.717) is 46.5 Å². The fraction of sp³-hybridized carbons (Fsp3) is 0.448. The molecule has 1 aromatic carbocycles. The molecule has 3 aromatic heterocycles. The van der Waals surface area contributed by atoms with Crippen LogP contribution in [0.4, 0.5) is 15.4 Å². The largest absolute Gasteiger partial charge is 0.444 e.